The molecule has 1 aromatic rings. The van der Waals surface area contributed by atoms with Crippen molar-refractivity contribution in [2.24, 2.45) is 5.92 Å². The van der Waals surface area contributed by atoms with E-state index in [1.807, 2.05) is 26.0 Å². The number of nitrogens with zero attached hydrogens (tertiary/aromatic N) is 1. The van der Waals surface area contributed by atoms with Crippen LogP contribution in [0.15, 0.2) is 15.9 Å². The summed E-state index contributed by atoms with van der Waals surface area (Å²) in [6.07, 6.45) is 0.782. The molecule has 6 heteroatoms. The van der Waals surface area contributed by atoms with Crippen molar-refractivity contribution < 1.29 is 9.59 Å². The Morgan fingerprint density at radius 3 is 2.65 bits per heavy atom. The van der Waals surface area contributed by atoms with Gasteiger partial charge >= 0.3 is 0 Å². The zero-order chi connectivity index (χ0) is 14.9. The van der Waals surface area contributed by atoms with Gasteiger partial charge in [0.15, 0.2) is 0 Å². The molecule has 20 heavy (non-hydrogen) atoms. The predicted octanol–water partition coefficient (Wildman–Crippen LogP) is 2.42. The van der Waals surface area contributed by atoms with Gasteiger partial charge < -0.3 is 10.2 Å². The van der Waals surface area contributed by atoms with Gasteiger partial charge in [-0.3, -0.25) is 9.59 Å². The lowest BCUT2D eigenvalue weighted by atomic mass is 9.98. The highest BCUT2D eigenvalue weighted by Gasteiger charge is 2.38. The van der Waals surface area contributed by atoms with Crippen LogP contribution in [0.3, 0.4) is 0 Å². The molecule has 0 radical (unpaired) electrons. The molecule has 2 unspecified atom stereocenters. The van der Waals surface area contributed by atoms with Crippen molar-refractivity contribution in [2.45, 2.75) is 39.3 Å². The van der Waals surface area contributed by atoms with Gasteiger partial charge in [-0.25, -0.2) is 0 Å². The molecule has 1 N–H and O–H groups in total. The first kappa shape index (κ1) is 15.5. The van der Waals surface area contributed by atoms with Crippen LogP contribution < -0.4 is 5.32 Å². The fraction of sp³-hybridized carbons (Fsp3) is 0.571. The van der Waals surface area contributed by atoms with Crippen LogP contribution in [-0.2, 0) is 16.0 Å². The van der Waals surface area contributed by atoms with E-state index in [1.165, 1.54) is 4.88 Å². The maximum Gasteiger partial charge on any atom is 0.246 e. The quantitative estimate of drug-likeness (QED) is 0.898. The minimum atomic E-state index is -0.395. The van der Waals surface area contributed by atoms with Crippen LogP contribution in [0, 0.1) is 5.92 Å². The average molecular weight is 359 g/mol. The molecule has 2 rings (SSSR count). The molecule has 2 heterocycles. The van der Waals surface area contributed by atoms with Crippen molar-refractivity contribution in [1.82, 2.24) is 10.2 Å². The van der Waals surface area contributed by atoms with Gasteiger partial charge in [0, 0.05) is 11.4 Å². The Bertz CT molecular complexity index is 515. The third-order valence-electron chi connectivity index (χ3n) is 3.59. The van der Waals surface area contributed by atoms with Gasteiger partial charge in [0.25, 0.3) is 0 Å². The molecule has 1 saturated heterocycles. The molecule has 0 bridgehead atoms. The molecular weight excluding hydrogens is 340 g/mol. The summed E-state index contributed by atoms with van der Waals surface area (Å²) in [6, 6.07) is 3.27. The lowest BCUT2D eigenvalue weighted by Gasteiger charge is -2.38. The highest BCUT2D eigenvalue weighted by atomic mass is 79.9. The zero-order valence-electron chi connectivity index (χ0n) is 11.9. The van der Waals surface area contributed by atoms with Crippen LogP contribution in [0.1, 0.15) is 25.6 Å². The number of carbonyl (C=O) groups is 2. The third kappa shape index (κ3) is 3.23. The molecule has 2 amide bonds. The Morgan fingerprint density at radius 2 is 2.10 bits per heavy atom. The van der Waals surface area contributed by atoms with Crippen LogP contribution in [0.4, 0.5) is 0 Å². The van der Waals surface area contributed by atoms with E-state index in [9.17, 15) is 9.59 Å². The molecule has 1 aromatic heterocycles. The first-order valence-electron chi connectivity index (χ1n) is 6.75. The SMILES string of the molecule is CC(C)C1NC(=O)C(C)N(CCc2ccc(Br)s2)C1=O. The highest BCUT2D eigenvalue weighted by Crippen LogP contribution is 2.23. The Balaban J connectivity index is 2.07. The van der Waals surface area contributed by atoms with Gasteiger partial charge in [-0.15, -0.1) is 11.3 Å². The number of amides is 2. The smallest absolute Gasteiger partial charge is 0.246 e. The van der Waals surface area contributed by atoms with Gasteiger partial charge in [-0.05, 0) is 47.3 Å². The standard InChI is InChI=1S/C14H19BrN2O2S/c1-8(2)12-14(19)17(9(3)13(18)16-12)7-6-10-4-5-11(15)20-10/h4-5,8-9,12H,6-7H2,1-3H3,(H,16,18). The van der Waals surface area contributed by atoms with Crippen molar-refractivity contribution in [2.75, 3.05) is 6.54 Å². The van der Waals surface area contributed by atoms with E-state index in [-0.39, 0.29) is 23.8 Å². The van der Waals surface area contributed by atoms with Crippen LogP contribution in [0.25, 0.3) is 0 Å². The lowest BCUT2D eigenvalue weighted by Crippen LogP contribution is -2.64. The van der Waals surface area contributed by atoms with Crippen molar-refractivity contribution in [3.05, 3.63) is 20.8 Å². The summed E-state index contributed by atoms with van der Waals surface area (Å²) >= 11 is 5.10. The lowest BCUT2D eigenvalue weighted by molar-refractivity contribution is -0.149. The Morgan fingerprint density at radius 1 is 1.40 bits per heavy atom. The first-order chi connectivity index (χ1) is 9.40. The monoisotopic (exact) mass is 358 g/mol. The maximum atomic E-state index is 12.5. The second-order valence-electron chi connectivity index (χ2n) is 5.39. The van der Waals surface area contributed by atoms with Gasteiger partial charge in [0.1, 0.15) is 12.1 Å². The number of nitrogens with one attached hydrogen (secondary N) is 1. The normalized spacial score (nSPS) is 23.4. The second kappa shape index (κ2) is 6.26. The molecule has 0 saturated carbocycles. The summed E-state index contributed by atoms with van der Waals surface area (Å²) in [6.45, 7) is 6.28. The number of piperazine rings is 1. The van der Waals surface area contributed by atoms with Gasteiger partial charge in [0.05, 0.1) is 3.79 Å². The molecule has 0 aliphatic carbocycles. The molecule has 2 atom stereocenters. The minimum Gasteiger partial charge on any atom is -0.342 e. The van der Waals surface area contributed by atoms with E-state index < -0.39 is 6.04 Å². The molecule has 0 aromatic carbocycles. The summed E-state index contributed by atoms with van der Waals surface area (Å²) in [5.74, 6) is 0.0794. The van der Waals surface area contributed by atoms with E-state index in [0.29, 0.717) is 6.54 Å². The van der Waals surface area contributed by atoms with Crippen molar-refractivity contribution >= 4 is 39.1 Å². The number of hydrogen-bond donors (Lipinski definition) is 1. The molecule has 1 aliphatic heterocycles. The summed E-state index contributed by atoms with van der Waals surface area (Å²) < 4.78 is 1.09. The van der Waals surface area contributed by atoms with E-state index in [2.05, 4.69) is 21.2 Å². The van der Waals surface area contributed by atoms with E-state index in [4.69, 9.17) is 0 Å². The fourth-order valence-corrected chi connectivity index (χ4v) is 3.79. The topological polar surface area (TPSA) is 49.4 Å². The van der Waals surface area contributed by atoms with E-state index in [0.717, 1.165) is 10.2 Å². The number of carbonyl (C=O) groups excluding carboxylic acids is 2. The van der Waals surface area contributed by atoms with Crippen LogP contribution >= 0.6 is 27.3 Å². The van der Waals surface area contributed by atoms with Crippen LogP contribution in [-0.4, -0.2) is 35.3 Å². The van der Waals surface area contributed by atoms with Crippen molar-refractivity contribution in [3.63, 3.8) is 0 Å². The average Bonchev–Trinajstić information content (AvgIpc) is 2.79. The zero-order valence-corrected chi connectivity index (χ0v) is 14.3. The molecule has 4 nitrogen and oxygen atoms in total. The Labute approximate surface area is 131 Å². The highest BCUT2D eigenvalue weighted by molar-refractivity contribution is 9.11. The van der Waals surface area contributed by atoms with Crippen molar-refractivity contribution in [1.29, 1.82) is 0 Å². The third-order valence-corrected chi connectivity index (χ3v) is 5.27. The fourth-order valence-electron chi connectivity index (χ4n) is 2.32. The first-order valence-corrected chi connectivity index (χ1v) is 8.36. The van der Waals surface area contributed by atoms with E-state index >= 15 is 0 Å². The summed E-state index contributed by atoms with van der Waals surface area (Å²) in [4.78, 5) is 27.3. The van der Waals surface area contributed by atoms with E-state index in [1.54, 1.807) is 23.2 Å². The predicted molar refractivity (Wildman–Crippen MR) is 83.7 cm³/mol. The molecule has 1 fully saturated rings. The molecule has 1 aliphatic rings. The minimum absolute atomic E-state index is 0.0303. The Hall–Kier alpha value is -0.880. The summed E-state index contributed by atoms with van der Waals surface area (Å²) in [5.41, 5.74) is 0. The van der Waals surface area contributed by atoms with Gasteiger partial charge in [-0.2, -0.15) is 0 Å². The van der Waals surface area contributed by atoms with Gasteiger partial charge in [0.2, 0.25) is 11.8 Å². The summed E-state index contributed by atoms with van der Waals surface area (Å²) in [7, 11) is 0. The number of hydrogen-bond acceptors (Lipinski definition) is 3. The molecule has 110 valence electrons. The number of thiophene rings is 1. The van der Waals surface area contributed by atoms with Gasteiger partial charge in [-0.1, -0.05) is 13.8 Å². The molecule has 0 spiro atoms. The number of rotatable bonds is 4. The van der Waals surface area contributed by atoms with Crippen LogP contribution in [0.5, 0.6) is 0 Å². The Kier molecular flexibility index (Phi) is 4.86. The van der Waals surface area contributed by atoms with Crippen molar-refractivity contribution in [3.8, 4) is 0 Å². The number of halogens is 1. The van der Waals surface area contributed by atoms with Crippen LogP contribution in [0.2, 0.25) is 0 Å². The second-order valence-corrected chi connectivity index (χ2v) is 7.94. The summed E-state index contributed by atoms with van der Waals surface area (Å²) in [5, 5.41) is 2.81. The molecular formula is C14H19BrN2O2S. The largest absolute Gasteiger partial charge is 0.342 e. The maximum absolute atomic E-state index is 12.5.